The molecule has 92 valence electrons. The van der Waals surface area contributed by atoms with Crippen molar-refractivity contribution in [1.82, 2.24) is 5.32 Å². The lowest BCUT2D eigenvalue weighted by atomic mass is 10.3. The molecule has 0 aromatic rings. The summed E-state index contributed by atoms with van der Waals surface area (Å²) in [6.45, 7) is 1.85. The fourth-order valence-corrected chi connectivity index (χ4v) is 2.27. The molecule has 17 heavy (non-hydrogen) atoms. The number of nitrogens with zero attached hydrogens (tertiary/aromatic N) is 1. The summed E-state index contributed by atoms with van der Waals surface area (Å²) in [5, 5.41) is 12.0. The lowest BCUT2D eigenvalue weighted by Crippen LogP contribution is -2.33. The molecule has 0 saturated carbocycles. The average molecular weight is 256 g/mol. The second-order valence-corrected chi connectivity index (χ2v) is 4.10. The highest BCUT2D eigenvalue weighted by Gasteiger charge is 2.30. The van der Waals surface area contributed by atoms with Crippen molar-refractivity contribution in [2.24, 2.45) is 0 Å². The second-order valence-electron chi connectivity index (χ2n) is 3.07. The van der Waals surface area contributed by atoms with E-state index >= 15 is 0 Å². The number of nitriles is 1. The molecule has 1 N–H and O–H groups in total. The van der Waals surface area contributed by atoms with Crippen LogP contribution in [0.5, 0.6) is 0 Å². The van der Waals surface area contributed by atoms with Gasteiger partial charge in [-0.1, -0.05) is 0 Å². The summed E-state index contributed by atoms with van der Waals surface area (Å²) < 4.78 is 9.31. The third-order valence-corrected chi connectivity index (χ3v) is 3.11. The van der Waals surface area contributed by atoms with E-state index in [0.29, 0.717) is 10.8 Å². The van der Waals surface area contributed by atoms with Crippen LogP contribution in [-0.4, -0.2) is 37.4 Å². The van der Waals surface area contributed by atoms with E-state index in [2.05, 4.69) is 10.1 Å². The van der Waals surface area contributed by atoms with E-state index in [0.717, 1.165) is 0 Å². The Morgan fingerprint density at radius 1 is 1.65 bits per heavy atom. The van der Waals surface area contributed by atoms with Gasteiger partial charge in [-0.2, -0.15) is 5.26 Å². The van der Waals surface area contributed by atoms with E-state index in [4.69, 9.17) is 10.00 Å². The molecule has 1 unspecified atom stereocenters. The van der Waals surface area contributed by atoms with Crippen LogP contribution in [0.3, 0.4) is 0 Å². The highest BCUT2D eigenvalue weighted by molar-refractivity contribution is 8.03. The summed E-state index contributed by atoms with van der Waals surface area (Å²) in [5.74, 6) is -0.684. The molecule has 1 aliphatic heterocycles. The fourth-order valence-electron chi connectivity index (χ4n) is 1.21. The minimum absolute atomic E-state index is 0.108. The molecule has 0 spiro atoms. The van der Waals surface area contributed by atoms with Crippen molar-refractivity contribution in [3.8, 4) is 6.07 Å². The van der Waals surface area contributed by atoms with Crippen LogP contribution in [0.1, 0.15) is 6.92 Å². The molecule has 0 aromatic heterocycles. The van der Waals surface area contributed by atoms with Crippen molar-refractivity contribution in [2.75, 3.05) is 19.5 Å². The van der Waals surface area contributed by atoms with Gasteiger partial charge < -0.3 is 14.8 Å². The van der Waals surface area contributed by atoms with Gasteiger partial charge in [0.25, 0.3) is 0 Å². The van der Waals surface area contributed by atoms with Crippen LogP contribution in [-0.2, 0) is 19.1 Å². The van der Waals surface area contributed by atoms with Gasteiger partial charge >= 0.3 is 11.9 Å². The molecular formula is C10H12N2O4S. The number of rotatable bonds is 3. The molecule has 0 radical (unpaired) electrons. The normalized spacial score (nSPS) is 21.1. The van der Waals surface area contributed by atoms with Gasteiger partial charge in [-0.05, 0) is 6.92 Å². The summed E-state index contributed by atoms with van der Waals surface area (Å²) >= 11 is 1.23. The number of hydrogen-bond acceptors (Lipinski definition) is 7. The van der Waals surface area contributed by atoms with Crippen LogP contribution >= 0.6 is 11.8 Å². The smallest absolute Gasteiger partial charge is 0.351 e. The van der Waals surface area contributed by atoms with Crippen LogP contribution in [0.2, 0.25) is 0 Å². The minimum Gasteiger partial charge on any atom is -0.467 e. The second kappa shape index (κ2) is 6.15. The lowest BCUT2D eigenvalue weighted by molar-refractivity contribution is -0.142. The zero-order valence-corrected chi connectivity index (χ0v) is 10.3. The van der Waals surface area contributed by atoms with E-state index in [1.54, 1.807) is 13.0 Å². The average Bonchev–Trinajstić information content (AvgIpc) is 2.79. The Labute approximate surface area is 103 Å². The molecule has 1 saturated heterocycles. The molecule has 1 heterocycles. The summed E-state index contributed by atoms with van der Waals surface area (Å²) in [4.78, 5) is 22.7. The third-order valence-electron chi connectivity index (χ3n) is 2.00. The van der Waals surface area contributed by atoms with Crippen molar-refractivity contribution >= 4 is 23.7 Å². The highest BCUT2D eigenvalue weighted by Crippen LogP contribution is 2.26. The Hall–Kier alpha value is -1.68. The zero-order chi connectivity index (χ0) is 12.8. The maximum absolute atomic E-state index is 11.4. The molecule has 0 amide bonds. The molecule has 1 fully saturated rings. The van der Waals surface area contributed by atoms with Gasteiger partial charge in [0.2, 0.25) is 0 Å². The maximum Gasteiger partial charge on any atom is 0.351 e. The number of methoxy groups -OCH3 is 1. The Bertz CT molecular complexity index is 400. The van der Waals surface area contributed by atoms with E-state index in [1.807, 2.05) is 0 Å². The molecule has 0 bridgehead atoms. The molecule has 0 aliphatic carbocycles. The summed E-state index contributed by atoms with van der Waals surface area (Å²) in [7, 11) is 1.28. The summed E-state index contributed by atoms with van der Waals surface area (Å²) in [6.07, 6.45) is 0. The monoisotopic (exact) mass is 256 g/mol. The van der Waals surface area contributed by atoms with Gasteiger partial charge in [0.15, 0.2) is 5.57 Å². The first kappa shape index (κ1) is 13.4. The van der Waals surface area contributed by atoms with Gasteiger partial charge in [0.05, 0.1) is 18.7 Å². The summed E-state index contributed by atoms with van der Waals surface area (Å²) in [6, 6.07) is 1.25. The van der Waals surface area contributed by atoms with E-state index < -0.39 is 18.0 Å². The van der Waals surface area contributed by atoms with E-state index in [1.165, 1.54) is 18.9 Å². The van der Waals surface area contributed by atoms with Crippen LogP contribution in [0, 0.1) is 11.3 Å². The SMILES string of the molecule is CCOC(=O)/C(C#N)=C1\NC(C(=O)OC)CS1. The maximum atomic E-state index is 11.4. The molecule has 7 heteroatoms. The lowest BCUT2D eigenvalue weighted by Gasteiger charge is -2.07. The molecule has 1 atom stereocenters. The number of nitrogens with one attached hydrogen (secondary N) is 1. The molecule has 1 rings (SSSR count). The Balaban J connectivity index is 2.81. The highest BCUT2D eigenvalue weighted by atomic mass is 32.2. The van der Waals surface area contributed by atoms with Crippen molar-refractivity contribution in [3.63, 3.8) is 0 Å². The number of ether oxygens (including phenoxy) is 2. The third kappa shape index (κ3) is 3.14. The van der Waals surface area contributed by atoms with Gasteiger partial charge in [0.1, 0.15) is 12.1 Å². The summed E-state index contributed by atoms with van der Waals surface area (Å²) in [5.41, 5.74) is -0.108. The molecule has 1 aliphatic rings. The topological polar surface area (TPSA) is 88.4 Å². The molecule has 0 aromatic carbocycles. The minimum atomic E-state index is -0.685. The van der Waals surface area contributed by atoms with Crippen molar-refractivity contribution in [3.05, 3.63) is 10.6 Å². The molecule has 6 nitrogen and oxygen atoms in total. The Kier molecular flexibility index (Phi) is 4.84. The van der Waals surface area contributed by atoms with Gasteiger partial charge in [-0.25, -0.2) is 9.59 Å². The van der Waals surface area contributed by atoms with Gasteiger partial charge in [0, 0.05) is 5.75 Å². The fraction of sp³-hybridized carbons (Fsp3) is 0.500. The predicted octanol–water partition coefficient (Wildman–Crippen LogP) is 0.163. The number of carbonyl (C=O) groups excluding carboxylic acids is 2. The van der Waals surface area contributed by atoms with Crippen molar-refractivity contribution < 1.29 is 19.1 Å². The van der Waals surface area contributed by atoms with Crippen LogP contribution < -0.4 is 5.32 Å². The van der Waals surface area contributed by atoms with E-state index in [-0.39, 0.29) is 12.2 Å². The largest absolute Gasteiger partial charge is 0.467 e. The van der Waals surface area contributed by atoms with E-state index in [9.17, 15) is 9.59 Å². The standard InChI is InChI=1S/C10H12N2O4S/c1-3-16-9(13)6(4-11)8-12-7(5-17-8)10(14)15-2/h7,12H,3,5H2,1-2H3/b8-6+. The van der Waals surface area contributed by atoms with Gasteiger partial charge in [-0.15, -0.1) is 11.8 Å². The number of esters is 2. The van der Waals surface area contributed by atoms with Crippen LogP contribution in [0.4, 0.5) is 0 Å². The Morgan fingerprint density at radius 2 is 2.35 bits per heavy atom. The van der Waals surface area contributed by atoms with Crippen molar-refractivity contribution in [1.29, 1.82) is 5.26 Å². The molecular weight excluding hydrogens is 244 g/mol. The first-order valence-corrected chi connectivity index (χ1v) is 5.91. The zero-order valence-electron chi connectivity index (χ0n) is 9.48. The van der Waals surface area contributed by atoms with Crippen molar-refractivity contribution in [2.45, 2.75) is 13.0 Å². The van der Waals surface area contributed by atoms with Crippen LogP contribution in [0.15, 0.2) is 10.6 Å². The van der Waals surface area contributed by atoms with Gasteiger partial charge in [-0.3, -0.25) is 0 Å². The predicted molar refractivity (Wildman–Crippen MR) is 60.7 cm³/mol. The number of thioether (sulfide) groups is 1. The Morgan fingerprint density at radius 3 is 2.88 bits per heavy atom. The number of carbonyl (C=O) groups is 2. The quantitative estimate of drug-likeness (QED) is 0.437. The van der Waals surface area contributed by atoms with Crippen LogP contribution in [0.25, 0.3) is 0 Å². The first-order valence-electron chi connectivity index (χ1n) is 4.92. The first-order chi connectivity index (χ1) is 8.13. The number of hydrogen-bond donors (Lipinski definition) is 1.